The number of aromatic nitrogens is 1. The Kier molecular flexibility index (Phi) is 6.31. The van der Waals surface area contributed by atoms with E-state index in [0.717, 1.165) is 11.1 Å². The SMILES string of the molecule is CCc1ccc(NC(=O)c2ccccc2CSc2nc3ccccc3o2)cc1S(N)(=O)=O. The van der Waals surface area contributed by atoms with Crippen LogP contribution in [0.4, 0.5) is 5.69 Å². The number of hydrogen-bond donors (Lipinski definition) is 2. The van der Waals surface area contributed by atoms with Crippen molar-refractivity contribution in [3.63, 3.8) is 0 Å². The van der Waals surface area contributed by atoms with Gasteiger partial charge in [0.25, 0.3) is 11.1 Å². The van der Waals surface area contributed by atoms with E-state index in [9.17, 15) is 13.2 Å². The third-order valence-electron chi connectivity index (χ3n) is 4.90. The topological polar surface area (TPSA) is 115 Å². The number of hydrogen-bond acceptors (Lipinski definition) is 6. The van der Waals surface area contributed by atoms with E-state index in [1.165, 1.54) is 17.8 Å². The first kappa shape index (κ1) is 22.1. The lowest BCUT2D eigenvalue weighted by Crippen LogP contribution is -2.17. The Hall–Kier alpha value is -3.14. The summed E-state index contributed by atoms with van der Waals surface area (Å²) in [6.07, 6.45) is 0.510. The van der Waals surface area contributed by atoms with Crippen LogP contribution in [-0.2, 0) is 22.2 Å². The molecule has 3 aromatic carbocycles. The molecule has 9 heteroatoms. The van der Waals surface area contributed by atoms with Gasteiger partial charge in [0.2, 0.25) is 10.0 Å². The van der Waals surface area contributed by atoms with Crippen molar-refractivity contribution in [2.75, 3.05) is 5.32 Å². The molecule has 0 bridgehead atoms. The molecule has 0 atom stereocenters. The maximum Gasteiger partial charge on any atom is 0.257 e. The van der Waals surface area contributed by atoms with E-state index < -0.39 is 10.0 Å². The zero-order chi connectivity index (χ0) is 22.7. The van der Waals surface area contributed by atoms with Crippen LogP contribution in [0.5, 0.6) is 0 Å². The van der Waals surface area contributed by atoms with Gasteiger partial charge in [-0.2, -0.15) is 0 Å². The maximum atomic E-state index is 13.0. The number of primary sulfonamides is 1. The number of nitrogens with one attached hydrogen (secondary N) is 1. The second kappa shape index (κ2) is 9.15. The van der Waals surface area contributed by atoms with Crippen molar-refractivity contribution in [3.8, 4) is 0 Å². The Balaban J connectivity index is 1.54. The molecule has 1 heterocycles. The Bertz CT molecular complexity index is 1360. The van der Waals surface area contributed by atoms with Crippen molar-refractivity contribution >= 4 is 44.5 Å². The molecule has 0 radical (unpaired) electrons. The van der Waals surface area contributed by atoms with E-state index in [0.29, 0.717) is 39.8 Å². The molecule has 3 N–H and O–H groups in total. The van der Waals surface area contributed by atoms with Crippen LogP contribution in [0.2, 0.25) is 0 Å². The zero-order valence-corrected chi connectivity index (χ0v) is 18.9. The third-order valence-corrected chi connectivity index (χ3v) is 6.77. The highest BCUT2D eigenvalue weighted by molar-refractivity contribution is 7.98. The van der Waals surface area contributed by atoms with Gasteiger partial charge in [0.05, 0.1) is 4.90 Å². The predicted molar refractivity (Wildman–Crippen MR) is 125 cm³/mol. The summed E-state index contributed by atoms with van der Waals surface area (Å²) in [5.74, 6) is 0.136. The van der Waals surface area contributed by atoms with Gasteiger partial charge in [-0.05, 0) is 47.9 Å². The van der Waals surface area contributed by atoms with E-state index in [-0.39, 0.29) is 10.8 Å². The lowest BCUT2D eigenvalue weighted by atomic mass is 10.1. The quantitative estimate of drug-likeness (QED) is 0.384. The number of sulfonamides is 1. The number of oxazole rings is 1. The molecule has 164 valence electrons. The minimum absolute atomic E-state index is 0.0117. The van der Waals surface area contributed by atoms with Crippen LogP contribution in [0, 0.1) is 0 Å². The second-order valence-electron chi connectivity index (χ2n) is 7.07. The lowest BCUT2D eigenvalue weighted by Gasteiger charge is -2.12. The number of benzene rings is 3. The van der Waals surface area contributed by atoms with Gasteiger partial charge >= 0.3 is 0 Å². The van der Waals surface area contributed by atoms with Crippen molar-refractivity contribution in [1.82, 2.24) is 4.98 Å². The van der Waals surface area contributed by atoms with Gasteiger partial charge in [-0.15, -0.1) is 0 Å². The molecule has 1 amide bonds. The number of carbonyl (C=O) groups excluding carboxylic acids is 1. The minimum Gasteiger partial charge on any atom is -0.431 e. The summed E-state index contributed by atoms with van der Waals surface area (Å²) in [6.45, 7) is 1.84. The summed E-state index contributed by atoms with van der Waals surface area (Å²) < 4.78 is 29.5. The van der Waals surface area contributed by atoms with Gasteiger partial charge < -0.3 is 9.73 Å². The van der Waals surface area contributed by atoms with E-state index in [4.69, 9.17) is 9.56 Å². The molecule has 0 saturated carbocycles. The number of rotatable bonds is 7. The normalized spacial score (nSPS) is 11.6. The highest BCUT2D eigenvalue weighted by atomic mass is 32.2. The average Bonchev–Trinajstić information content (AvgIpc) is 3.20. The molecule has 4 rings (SSSR count). The molecule has 4 aromatic rings. The highest BCUT2D eigenvalue weighted by Crippen LogP contribution is 2.28. The van der Waals surface area contributed by atoms with Crippen LogP contribution >= 0.6 is 11.8 Å². The number of thioether (sulfide) groups is 1. The second-order valence-corrected chi connectivity index (χ2v) is 9.52. The molecule has 1 aromatic heterocycles. The molecule has 32 heavy (non-hydrogen) atoms. The van der Waals surface area contributed by atoms with Gasteiger partial charge in [-0.1, -0.05) is 55.1 Å². The molecule has 0 saturated heterocycles. The Morgan fingerprint density at radius 2 is 1.81 bits per heavy atom. The first-order chi connectivity index (χ1) is 15.3. The third kappa shape index (κ3) is 4.85. The van der Waals surface area contributed by atoms with E-state index in [1.54, 1.807) is 24.3 Å². The standard InChI is InChI=1S/C23H21N3O4S2/c1-2-15-11-12-17(13-21(15)32(24,28)29)25-22(27)18-8-4-3-7-16(18)14-31-23-26-19-9-5-6-10-20(19)30-23/h3-13H,2,14H2,1H3,(H,25,27)(H2,24,28,29). The molecule has 0 fully saturated rings. The van der Waals surface area contributed by atoms with Gasteiger partial charge in [-0.3, -0.25) is 4.79 Å². The van der Waals surface area contributed by atoms with E-state index in [2.05, 4.69) is 10.3 Å². The fourth-order valence-electron chi connectivity index (χ4n) is 3.31. The fourth-order valence-corrected chi connectivity index (χ4v) is 5.02. The van der Waals surface area contributed by atoms with Crippen LogP contribution in [0.1, 0.15) is 28.4 Å². The Morgan fingerprint density at radius 1 is 1.06 bits per heavy atom. The number of nitrogens with two attached hydrogens (primary N) is 1. The number of carbonyl (C=O) groups is 1. The molecule has 0 spiro atoms. The van der Waals surface area contributed by atoms with Crippen LogP contribution in [-0.4, -0.2) is 19.3 Å². The molecule has 0 aliphatic carbocycles. The molecular formula is C23H21N3O4S2. The summed E-state index contributed by atoms with van der Waals surface area (Å²) in [7, 11) is -3.90. The average molecular weight is 468 g/mol. The smallest absolute Gasteiger partial charge is 0.257 e. The van der Waals surface area contributed by atoms with Crippen LogP contribution < -0.4 is 10.5 Å². The number of amides is 1. The maximum absolute atomic E-state index is 13.0. The summed E-state index contributed by atoms with van der Waals surface area (Å²) >= 11 is 1.39. The number of para-hydroxylation sites is 2. The fraction of sp³-hybridized carbons (Fsp3) is 0.130. The van der Waals surface area contributed by atoms with Crippen LogP contribution in [0.25, 0.3) is 11.1 Å². The monoisotopic (exact) mass is 467 g/mol. The summed E-state index contributed by atoms with van der Waals surface area (Å²) in [5.41, 5.74) is 3.73. The number of nitrogens with zero attached hydrogens (tertiary/aromatic N) is 1. The Labute approximate surface area is 190 Å². The van der Waals surface area contributed by atoms with Crippen molar-refractivity contribution in [3.05, 3.63) is 83.4 Å². The van der Waals surface area contributed by atoms with Crippen molar-refractivity contribution in [1.29, 1.82) is 0 Å². The minimum atomic E-state index is -3.90. The first-order valence-corrected chi connectivity index (χ1v) is 12.4. The number of fused-ring (bicyclic) bond motifs is 1. The molecular weight excluding hydrogens is 446 g/mol. The van der Waals surface area contributed by atoms with Crippen LogP contribution in [0.15, 0.2) is 81.3 Å². The summed E-state index contributed by atoms with van der Waals surface area (Å²) in [4.78, 5) is 17.4. The molecule has 0 unspecified atom stereocenters. The zero-order valence-electron chi connectivity index (χ0n) is 17.2. The van der Waals surface area contributed by atoms with Crippen molar-refractivity contribution in [2.24, 2.45) is 5.14 Å². The van der Waals surface area contributed by atoms with E-state index >= 15 is 0 Å². The van der Waals surface area contributed by atoms with Crippen LogP contribution in [0.3, 0.4) is 0 Å². The predicted octanol–water partition coefficient (Wildman–Crippen LogP) is 4.58. The number of aryl methyl sites for hydroxylation is 1. The highest BCUT2D eigenvalue weighted by Gasteiger charge is 2.17. The first-order valence-electron chi connectivity index (χ1n) is 9.88. The lowest BCUT2D eigenvalue weighted by molar-refractivity contribution is 0.102. The molecule has 0 aliphatic rings. The molecule has 0 aliphatic heterocycles. The van der Waals surface area contributed by atoms with Crippen molar-refractivity contribution in [2.45, 2.75) is 29.2 Å². The van der Waals surface area contributed by atoms with Gasteiger partial charge in [0.15, 0.2) is 5.58 Å². The van der Waals surface area contributed by atoms with Crippen molar-refractivity contribution < 1.29 is 17.6 Å². The van der Waals surface area contributed by atoms with Gasteiger partial charge in [-0.25, -0.2) is 18.5 Å². The van der Waals surface area contributed by atoms with E-state index in [1.807, 2.05) is 43.3 Å². The van der Waals surface area contributed by atoms with Gasteiger partial charge in [0, 0.05) is 17.0 Å². The largest absolute Gasteiger partial charge is 0.431 e. The number of anilines is 1. The Morgan fingerprint density at radius 3 is 2.56 bits per heavy atom. The summed E-state index contributed by atoms with van der Waals surface area (Å²) in [6, 6.07) is 19.4. The van der Waals surface area contributed by atoms with Gasteiger partial charge in [0.1, 0.15) is 5.52 Å². The summed E-state index contributed by atoms with van der Waals surface area (Å²) in [5, 5.41) is 8.63. The molecule has 7 nitrogen and oxygen atoms in total.